The zero-order chi connectivity index (χ0) is 17.8. The van der Waals surface area contributed by atoms with E-state index < -0.39 is 0 Å². The number of terminal acetylenes is 1. The van der Waals surface area contributed by atoms with Crippen LogP contribution in [0.1, 0.15) is 12.5 Å². The maximum Gasteiger partial charge on any atom is 0.167 e. The number of likely N-dealkylation sites (N-methyl/N-ethyl adjacent to an activating group) is 1. The molecule has 1 heterocycles. The lowest BCUT2D eigenvalue weighted by Gasteiger charge is -2.17. The number of aliphatic imine (C=N–C) groups is 1. The lowest BCUT2D eigenvalue weighted by molar-refractivity contribution is -0.118. The molecule has 1 aromatic carbocycles. The Balaban J connectivity index is 0.00000112. The SMILES string of the molecule is C#C.C=C.CN=C1c2ccc(OCC(C)=O)cc2OCCN1C. The number of ether oxygens (including phenoxy) is 2. The number of rotatable bonds is 3. The number of benzene rings is 1. The van der Waals surface area contributed by atoms with E-state index in [0.717, 1.165) is 23.7 Å². The minimum Gasteiger partial charge on any atom is -0.491 e. The molecule has 0 saturated heterocycles. The Kier molecular flexibility index (Phi) is 9.61. The van der Waals surface area contributed by atoms with E-state index in [-0.39, 0.29) is 12.4 Å². The first kappa shape index (κ1) is 20.3. The standard InChI is InChI=1S/C14H18N2O3.C2H4.C2H2/c1-10(17)9-19-11-4-5-12-13(8-11)18-7-6-16(3)14(12)15-2;2*1-2/h4-5,8H,6-7,9H2,1-3H3;1-2H2;1-2H. The van der Waals surface area contributed by atoms with Gasteiger partial charge in [-0.3, -0.25) is 9.79 Å². The number of amidine groups is 1. The molecule has 1 aliphatic heterocycles. The summed E-state index contributed by atoms with van der Waals surface area (Å²) in [5.41, 5.74) is 0.942. The monoisotopic (exact) mass is 316 g/mol. The molecule has 0 aliphatic carbocycles. The molecular weight excluding hydrogens is 292 g/mol. The first-order chi connectivity index (χ1) is 11.1. The molecule has 124 valence electrons. The molecule has 5 nitrogen and oxygen atoms in total. The van der Waals surface area contributed by atoms with Gasteiger partial charge in [0.05, 0.1) is 12.1 Å². The van der Waals surface area contributed by atoms with E-state index >= 15 is 0 Å². The number of carbonyl (C=O) groups is 1. The van der Waals surface area contributed by atoms with Crippen LogP contribution in [0.3, 0.4) is 0 Å². The summed E-state index contributed by atoms with van der Waals surface area (Å²) < 4.78 is 11.1. The van der Waals surface area contributed by atoms with Gasteiger partial charge in [-0.05, 0) is 19.1 Å². The molecule has 0 amide bonds. The molecule has 23 heavy (non-hydrogen) atoms. The number of ketones is 1. The summed E-state index contributed by atoms with van der Waals surface area (Å²) in [7, 11) is 3.75. The summed E-state index contributed by atoms with van der Waals surface area (Å²) in [5, 5.41) is 0. The van der Waals surface area contributed by atoms with Crippen LogP contribution in [-0.2, 0) is 4.79 Å². The third-order valence-corrected chi connectivity index (χ3v) is 2.89. The van der Waals surface area contributed by atoms with Gasteiger partial charge in [-0.25, -0.2) is 0 Å². The molecule has 1 aliphatic rings. The smallest absolute Gasteiger partial charge is 0.167 e. The third-order valence-electron chi connectivity index (χ3n) is 2.89. The van der Waals surface area contributed by atoms with Gasteiger partial charge < -0.3 is 14.4 Å². The summed E-state index contributed by atoms with van der Waals surface area (Å²) in [5.74, 6) is 2.26. The van der Waals surface area contributed by atoms with Gasteiger partial charge in [0.1, 0.15) is 30.5 Å². The van der Waals surface area contributed by atoms with E-state index in [0.29, 0.717) is 12.4 Å². The van der Waals surface area contributed by atoms with Crippen molar-refractivity contribution >= 4 is 11.6 Å². The molecule has 0 N–H and O–H groups in total. The Morgan fingerprint density at radius 3 is 2.65 bits per heavy atom. The Labute approximate surface area is 138 Å². The average molecular weight is 316 g/mol. The van der Waals surface area contributed by atoms with E-state index in [1.807, 2.05) is 25.2 Å². The van der Waals surface area contributed by atoms with Crippen LogP contribution in [0.15, 0.2) is 36.3 Å². The normalized spacial score (nSPS) is 14.0. The maximum absolute atomic E-state index is 10.9. The third kappa shape index (κ3) is 5.87. The van der Waals surface area contributed by atoms with Crippen molar-refractivity contribution in [3.8, 4) is 24.3 Å². The zero-order valence-electron chi connectivity index (χ0n) is 14.0. The molecule has 0 radical (unpaired) electrons. The lowest BCUT2D eigenvalue weighted by atomic mass is 10.1. The van der Waals surface area contributed by atoms with Crippen molar-refractivity contribution in [3.63, 3.8) is 0 Å². The van der Waals surface area contributed by atoms with Crippen LogP contribution >= 0.6 is 0 Å². The second-order valence-corrected chi connectivity index (χ2v) is 4.47. The molecular formula is C18H24N2O3. The highest BCUT2D eigenvalue weighted by atomic mass is 16.5. The molecule has 1 aromatic rings. The van der Waals surface area contributed by atoms with Crippen molar-refractivity contribution in [2.75, 3.05) is 33.9 Å². The van der Waals surface area contributed by atoms with Gasteiger partial charge in [-0.1, -0.05) is 0 Å². The first-order valence-corrected chi connectivity index (χ1v) is 7.02. The molecule has 0 saturated carbocycles. The van der Waals surface area contributed by atoms with Crippen molar-refractivity contribution in [1.29, 1.82) is 0 Å². The van der Waals surface area contributed by atoms with Crippen molar-refractivity contribution in [2.24, 2.45) is 4.99 Å². The van der Waals surface area contributed by atoms with Gasteiger partial charge in [-0.15, -0.1) is 26.0 Å². The summed E-state index contributed by atoms with van der Waals surface area (Å²) in [6, 6.07) is 5.55. The first-order valence-electron chi connectivity index (χ1n) is 7.02. The largest absolute Gasteiger partial charge is 0.491 e. The van der Waals surface area contributed by atoms with Crippen LogP contribution in [-0.4, -0.2) is 50.4 Å². The van der Waals surface area contributed by atoms with Crippen LogP contribution in [0.2, 0.25) is 0 Å². The maximum atomic E-state index is 10.9. The predicted molar refractivity (Wildman–Crippen MR) is 94.3 cm³/mol. The van der Waals surface area contributed by atoms with Gasteiger partial charge in [0.25, 0.3) is 0 Å². The molecule has 2 rings (SSSR count). The Hall–Kier alpha value is -2.74. The highest BCUT2D eigenvalue weighted by molar-refractivity contribution is 6.01. The fourth-order valence-corrected chi connectivity index (χ4v) is 1.98. The number of fused-ring (bicyclic) bond motifs is 1. The van der Waals surface area contributed by atoms with Crippen molar-refractivity contribution in [2.45, 2.75) is 6.92 Å². The van der Waals surface area contributed by atoms with E-state index in [1.54, 1.807) is 7.05 Å². The fourth-order valence-electron chi connectivity index (χ4n) is 1.98. The summed E-state index contributed by atoms with van der Waals surface area (Å²) >= 11 is 0. The van der Waals surface area contributed by atoms with Crippen LogP contribution in [0.4, 0.5) is 0 Å². The molecule has 0 atom stereocenters. The van der Waals surface area contributed by atoms with Crippen LogP contribution < -0.4 is 9.47 Å². The number of nitrogens with zero attached hydrogens (tertiary/aromatic N) is 2. The van der Waals surface area contributed by atoms with E-state index in [2.05, 4.69) is 35.9 Å². The van der Waals surface area contributed by atoms with Crippen molar-refractivity contribution in [3.05, 3.63) is 36.9 Å². The predicted octanol–water partition coefficient (Wildman–Crippen LogP) is 2.41. The zero-order valence-corrected chi connectivity index (χ0v) is 14.0. The van der Waals surface area contributed by atoms with Gasteiger partial charge in [0, 0.05) is 20.2 Å². The van der Waals surface area contributed by atoms with Gasteiger partial charge in [0.15, 0.2) is 5.78 Å². The Morgan fingerprint density at radius 2 is 2.09 bits per heavy atom. The summed E-state index contributed by atoms with van der Waals surface area (Å²) in [6.45, 7) is 8.95. The second kappa shape index (κ2) is 10.9. The molecule has 0 unspecified atom stereocenters. The molecule has 0 fully saturated rings. The highest BCUT2D eigenvalue weighted by Crippen LogP contribution is 2.28. The number of carbonyl (C=O) groups excluding carboxylic acids is 1. The van der Waals surface area contributed by atoms with Gasteiger partial charge >= 0.3 is 0 Å². The number of hydrogen-bond donors (Lipinski definition) is 0. The van der Waals surface area contributed by atoms with Crippen LogP contribution in [0.5, 0.6) is 11.5 Å². The highest BCUT2D eigenvalue weighted by Gasteiger charge is 2.19. The molecule has 5 heteroatoms. The second-order valence-electron chi connectivity index (χ2n) is 4.47. The number of hydrogen-bond acceptors (Lipinski definition) is 4. The van der Waals surface area contributed by atoms with E-state index in [9.17, 15) is 4.79 Å². The molecule has 0 bridgehead atoms. The van der Waals surface area contributed by atoms with Crippen LogP contribution in [0.25, 0.3) is 0 Å². The Morgan fingerprint density at radius 1 is 1.43 bits per heavy atom. The fraction of sp³-hybridized carbons (Fsp3) is 0.333. The minimum absolute atomic E-state index is 0.00796. The average Bonchev–Trinajstić information content (AvgIpc) is 2.74. The Bertz CT molecular complexity index is 565. The van der Waals surface area contributed by atoms with Crippen molar-refractivity contribution < 1.29 is 14.3 Å². The minimum atomic E-state index is -0.00796. The topological polar surface area (TPSA) is 51.1 Å². The lowest BCUT2D eigenvalue weighted by Crippen LogP contribution is -2.28. The quantitative estimate of drug-likeness (QED) is 0.635. The molecule has 0 aromatic heterocycles. The number of Topliss-reactive ketones (excluding diaryl/α,β-unsaturated/α-hetero) is 1. The van der Waals surface area contributed by atoms with Gasteiger partial charge in [0.2, 0.25) is 0 Å². The van der Waals surface area contributed by atoms with Crippen molar-refractivity contribution in [1.82, 2.24) is 4.90 Å². The molecule has 0 spiro atoms. The summed E-state index contributed by atoms with van der Waals surface area (Å²) in [6.07, 6.45) is 8.00. The van der Waals surface area contributed by atoms with E-state index in [1.165, 1.54) is 6.92 Å². The summed E-state index contributed by atoms with van der Waals surface area (Å²) in [4.78, 5) is 17.3. The van der Waals surface area contributed by atoms with Crippen LogP contribution in [0, 0.1) is 12.8 Å². The van der Waals surface area contributed by atoms with E-state index in [4.69, 9.17) is 9.47 Å². The van der Waals surface area contributed by atoms with Gasteiger partial charge in [-0.2, -0.15) is 0 Å².